The molecular formula is C32H22ClN3O3. The van der Waals surface area contributed by atoms with Crippen LogP contribution in [-0.2, 0) is 10.2 Å². The summed E-state index contributed by atoms with van der Waals surface area (Å²) in [6, 6.07) is 23.8. The van der Waals surface area contributed by atoms with Gasteiger partial charge in [-0.1, -0.05) is 54.1 Å². The van der Waals surface area contributed by atoms with Gasteiger partial charge in [-0.3, -0.25) is 19.4 Å². The van der Waals surface area contributed by atoms with Crippen LogP contribution in [0.15, 0.2) is 104 Å². The number of anilines is 1. The number of nitrogens with one attached hydrogen (secondary N) is 1. The molecular weight excluding hydrogens is 510 g/mol. The first-order valence-corrected chi connectivity index (χ1v) is 13.1. The number of carbonyl (C=O) groups excluding carboxylic acids is 3. The highest BCUT2D eigenvalue weighted by molar-refractivity contribution is 6.30. The second-order valence-corrected chi connectivity index (χ2v) is 10.5. The number of aromatic nitrogens is 1. The summed E-state index contributed by atoms with van der Waals surface area (Å²) in [6.07, 6.45) is 6.90. The van der Waals surface area contributed by atoms with E-state index < -0.39 is 23.4 Å². The van der Waals surface area contributed by atoms with Crippen molar-refractivity contribution in [2.75, 3.05) is 5.32 Å². The van der Waals surface area contributed by atoms with Crippen LogP contribution < -0.4 is 5.32 Å². The molecule has 7 rings (SSSR count). The van der Waals surface area contributed by atoms with Gasteiger partial charge in [0, 0.05) is 40.4 Å². The largest absolute Gasteiger partial charge is 0.358 e. The van der Waals surface area contributed by atoms with E-state index in [-0.39, 0.29) is 17.5 Å². The van der Waals surface area contributed by atoms with E-state index in [4.69, 9.17) is 11.6 Å². The number of halogens is 1. The summed E-state index contributed by atoms with van der Waals surface area (Å²) in [7, 11) is 0. The molecule has 1 spiro atoms. The summed E-state index contributed by atoms with van der Waals surface area (Å²) in [5, 5.41) is 3.56. The van der Waals surface area contributed by atoms with Crippen molar-refractivity contribution >= 4 is 40.8 Å². The number of amides is 1. The standard InChI is InChI=1S/C32H22ClN3O3/c33-22-13-11-20(12-14-22)29(38)27-26(28(37)21-7-5-16-34-18-21)32(24-9-3-4-10-25(24)35-31(32)39)30-23-8-2-1-6-19(23)15-17-36(27)30/h1-18,26-27,30H,(H,35,39). The lowest BCUT2D eigenvalue weighted by atomic mass is 9.62. The molecule has 6 nitrogen and oxygen atoms in total. The van der Waals surface area contributed by atoms with Crippen LogP contribution >= 0.6 is 11.6 Å². The van der Waals surface area contributed by atoms with Gasteiger partial charge in [0.2, 0.25) is 5.91 Å². The van der Waals surface area contributed by atoms with E-state index in [9.17, 15) is 14.4 Å². The van der Waals surface area contributed by atoms with E-state index in [1.165, 1.54) is 6.20 Å². The Morgan fingerprint density at radius 2 is 1.64 bits per heavy atom. The van der Waals surface area contributed by atoms with Crippen LogP contribution in [0, 0.1) is 5.92 Å². The molecule has 4 heterocycles. The first-order valence-electron chi connectivity index (χ1n) is 12.7. The molecule has 4 aromatic rings. The summed E-state index contributed by atoms with van der Waals surface area (Å²) in [4.78, 5) is 49.4. The van der Waals surface area contributed by atoms with Crippen molar-refractivity contribution in [1.29, 1.82) is 0 Å². The van der Waals surface area contributed by atoms with E-state index in [1.807, 2.05) is 65.7 Å². The Morgan fingerprint density at radius 3 is 2.44 bits per heavy atom. The van der Waals surface area contributed by atoms with Crippen LogP contribution in [0.5, 0.6) is 0 Å². The third-order valence-electron chi connectivity index (χ3n) is 8.20. The third kappa shape index (κ3) is 3.28. The number of benzene rings is 3. The number of hydrogen-bond acceptors (Lipinski definition) is 5. The fourth-order valence-corrected chi connectivity index (χ4v) is 6.77. The van der Waals surface area contributed by atoms with Crippen LogP contribution in [0.2, 0.25) is 5.02 Å². The molecule has 0 bridgehead atoms. The molecule has 190 valence electrons. The van der Waals surface area contributed by atoms with Crippen LogP contribution in [0.4, 0.5) is 5.69 Å². The number of rotatable bonds is 4. The molecule has 3 aliphatic rings. The number of carbonyl (C=O) groups is 3. The molecule has 3 aromatic carbocycles. The minimum atomic E-state index is -1.36. The quantitative estimate of drug-likeness (QED) is 0.341. The van der Waals surface area contributed by atoms with Crippen LogP contribution in [0.3, 0.4) is 0 Å². The molecule has 39 heavy (non-hydrogen) atoms. The summed E-state index contributed by atoms with van der Waals surface area (Å²) in [6.45, 7) is 0. The van der Waals surface area contributed by atoms with Crippen molar-refractivity contribution in [3.8, 4) is 0 Å². The lowest BCUT2D eigenvalue weighted by Gasteiger charge is -2.38. The normalized spacial score (nSPS) is 24.2. The molecule has 0 radical (unpaired) electrons. The average molecular weight is 532 g/mol. The number of para-hydroxylation sites is 1. The zero-order chi connectivity index (χ0) is 26.7. The molecule has 4 atom stereocenters. The highest BCUT2D eigenvalue weighted by atomic mass is 35.5. The zero-order valence-electron chi connectivity index (χ0n) is 20.6. The number of Topliss-reactive ketones (excluding diaryl/α,β-unsaturated/α-hetero) is 2. The third-order valence-corrected chi connectivity index (χ3v) is 8.45. The molecule has 0 aliphatic carbocycles. The summed E-state index contributed by atoms with van der Waals surface area (Å²) in [5.74, 6) is -1.88. The Bertz CT molecular complexity index is 1680. The zero-order valence-corrected chi connectivity index (χ0v) is 21.4. The Balaban J connectivity index is 1.54. The molecule has 0 saturated carbocycles. The lowest BCUT2D eigenvalue weighted by Crippen LogP contribution is -2.49. The van der Waals surface area contributed by atoms with Gasteiger partial charge in [-0.15, -0.1) is 0 Å². The van der Waals surface area contributed by atoms with Gasteiger partial charge >= 0.3 is 0 Å². The van der Waals surface area contributed by atoms with Crippen molar-refractivity contribution in [3.05, 3.63) is 136 Å². The van der Waals surface area contributed by atoms with Crippen molar-refractivity contribution in [2.24, 2.45) is 5.92 Å². The maximum atomic E-state index is 14.6. The first-order chi connectivity index (χ1) is 19.0. The van der Waals surface area contributed by atoms with Crippen LogP contribution in [-0.4, -0.2) is 33.4 Å². The molecule has 7 heteroatoms. The molecule has 1 aromatic heterocycles. The minimum absolute atomic E-state index is 0.253. The molecule has 1 fully saturated rings. The highest BCUT2D eigenvalue weighted by Crippen LogP contribution is 2.62. The van der Waals surface area contributed by atoms with E-state index in [0.29, 0.717) is 27.4 Å². The Kier molecular flexibility index (Phi) is 5.28. The van der Waals surface area contributed by atoms with Crippen molar-refractivity contribution in [1.82, 2.24) is 9.88 Å². The Labute approximate surface area is 229 Å². The van der Waals surface area contributed by atoms with Gasteiger partial charge in [0.05, 0.1) is 12.0 Å². The summed E-state index contributed by atoms with van der Waals surface area (Å²) in [5.41, 5.74) is 2.61. The maximum absolute atomic E-state index is 14.6. The van der Waals surface area contributed by atoms with E-state index >= 15 is 0 Å². The van der Waals surface area contributed by atoms with Crippen molar-refractivity contribution in [2.45, 2.75) is 17.5 Å². The van der Waals surface area contributed by atoms with Gasteiger partial charge in [-0.25, -0.2) is 0 Å². The monoisotopic (exact) mass is 531 g/mol. The molecule has 1 amide bonds. The Hall–Kier alpha value is -4.55. The van der Waals surface area contributed by atoms with E-state index in [0.717, 1.165) is 11.1 Å². The lowest BCUT2D eigenvalue weighted by molar-refractivity contribution is -0.122. The van der Waals surface area contributed by atoms with Crippen LogP contribution in [0.1, 0.15) is 43.4 Å². The second kappa shape index (κ2) is 8.75. The smallest absolute Gasteiger partial charge is 0.238 e. The Morgan fingerprint density at radius 1 is 0.872 bits per heavy atom. The van der Waals surface area contributed by atoms with Gasteiger partial charge < -0.3 is 10.2 Å². The van der Waals surface area contributed by atoms with E-state index in [2.05, 4.69) is 10.3 Å². The van der Waals surface area contributed by atoms with E-state index in [1.54, 1.807) is 42.6 Å². The predicted molar refractivity (Wildman–Crippen MR) is 148 cm³/mol. The predicted octanol–water partition coefficient (Wildman–Crippen LogP) is 5.72. The molecule has 1 saturated heterocycles. The van der Waals surface area contributed by atoms with Crippen molar-refractivity contribution < 1.29 is 14.4 Å². The maximum Gasteiger partial charge on any atom is 0.238 e. The van der Waals surface area contributed by atoms with Gasteiger partial charge in [-0.05, 0) is 65.2 Å². The topological polar surface area (TPSA) is 79.4 Å². The average Bonchev–Trinajstić information content (AvgIpc) is 3.45. The number of nitrogens with zero attached hydrogens (tertiary/aromatic N) is 2. The minimum Gasteiger partial charge on any atom is -0.358 e. The number of ketones is 2. The number of pyridine rings is 1. The van der Waals surface area contributed by atoms with Gasteiger partial charge in [-0.2, -0.15) is 0 Å². The van der Waals surface area contributed by atoms with Gasteiger partial charge in [0.25, 0.3) is 0 Å². The fourth-order valence-electron chi connectivity index (χ4n) is 6.64. The molecule has 1 N–H and O–H groups in total. The van der Waals surface area contributed by atoms with Gasteiger partial charge in [0.1, 0.15) is 11.5 Å². The molecule has 4 unspecified atom stereocenters. The number of fused-ring (bicyclic) bond motifs is 6. The van der Waals surface area contributed by atoms with Crippen molar-refractivity contribution in [3.63, 3.8) is 0 Å². The van der Waals surface area contributed by atoms with Gasteiger partial charge in [0.15, 0.2) is 11.6 Å². The summed E-state index contributed by atoms with van der Waals surface area (Å²) >= 11 is 6.13. The highest BCUT2D eigenvalue weighted by Gasteiger charge is 2.70. The SMILES string of the molecule is O=C(c1ccc(Cl)cc1)C1C(C(=O)c2cccnc2)C2(C(=O)Nc3ccccc32)C2c3ccccc3C=CN12. The second-order valence-electron chi connectivity index (χ2n) is 10.1. The summed E-state index contributed by atoms with van der Waals surface area (Å²) < 4.78 is 0. The number of hydrogen-bond donors (Lipinski definition) is 1. The fraction of sp³-hybridized carbons (Fsp3) is 0.125. The first kappa shape index (κ1) is 23.6. The van der Waals surface area contributed by atoms with Crippen LogP contribution in [0.25, 0.3) is 6.08 Å². The molecule has 3 aliphatic heterocycles.